The molecule has 2 unspecified atom stereocenters. The lowest BCUT2D eigenvalue weighted by Crippen LogP contribution is -2.04. The molecule has 3 aromatic rings. The third-order valence-electron chi connectivity index (χ3n) is 4.27. The van der Waals surface area contributed by atoms with Crippen molar-refractivity contribution in [1.82, 2.24) is 15.2 Å². The van der Waals surface area contributed by atoms with Gasteiger partial charge in [-0.15, -0.1) is 0 Å². The van der Waals surface area contributed by atoms with Gasteiger partial charge < -0.3 is 5.32 Å². The first kappa shape index (κ1) is 13.1. The van der Waals surface area contributed by atoms with Crippen molar-refractivity contribution in [1.29, 1.82) is 0 Å². The second-order valence-electron chi connectivity index (χ2n) is 5.81. The summed E-state index contributed by atoms with van der Waals surface area (Å²) in [6, 6.07) is 19.1. The lowest BCUT2D eigenvalue weighted by atomic mass is 10.1. The number of H-pyrrole nitrogens is 1. The Morgan fingerprint density at radius 3 is 2.82 bits per heavy atom. The molecule has 2 aromatic carbocycles. The highest BCUT2D eigenvalue weighted by Gasteiger charge is 2.37. The molecule has 4 heteroatoms. The first-order valence-electron chi connectivity index (χ1n) is 7.65. The number of rotatable bonds is 5. The van der Waals surface area contributed by atoms with Gasteiger partial charge in [0.25, 0.3) is 0 Å². The van der Waals surface area contributed by atoms with E-state index in [2.05, 4.69) is 63.0 Å². The quantitative estimate of drug-likeness (QED) is 0.753. The van der Waals surface area contributed by atoms with Crippen molar-refractivity contribution < 1.29 is 0 Å². The molecule has 1 saturated carbocycles. The van der Waals surface area contributed by atoms with Gasteiger partial charge in [0.1, 0.15) is 6.33 Å². The summed E-state index contributed by atoms with van der Waals surface area (Å²) in [6.45, 7) is 1.01. The van der Waals surface area contributed by atoms with Crippen LogP contribution in [0.3, 0.4) is 0 Å². The minimum atomic E-state index is 0.714. The van der Waals surface area contributed by atoms with Gasteiger partial charge in [0.05, 0.1) is 0 Å². The summed E-state index contributed by atoms with van der Waals surface area (Å²) in [7, 11) is 0. The predicted octanol–water partition coefficient (Wildman–Crippen LogP) is 3.69. The third-order valence-corrected chi connectivity index (χ3v) is 4.27. The van der Waals surface area contributed by atoms with Crippen LogP contribution in [0.25, 0.3) is 11.4 Å². The van der Waals surface area contributed by atoms with E-state index in [-0.39, 0.29) is 0 Å². The van der Waals surface area contributed by atoms with Crippen LogP contribution < -0.4 is 5.32 Å². The second kappa shape index (κ2) is 5.64. The number of hydrogen-bond donors (Lipinski definition) is 2. The Bertz CT molecular complexity index is 737. The zero-order chi connectivity index (χ0) is 14.8. The minimum absolute atomic E-state index is 0.714. The van der Waals surface area contributed by atoms with Gasteiger partial charge in [0, 0.05) is 17.8 Å². The maximum Gasteiger partial charge on any atom is 0.155 e. The molecule has 1 fully saturated rings. The van der Waals surface area contributed by atoms with Gasteiger partial charge in [-0.05, 0) is 36.0 Å². The van der Waals surface area contributed by atoms with E-state index in [1.165, 1.54) is 18.3 Å². The second-order valence-corrected chi connectivity index (χ2v) is 5.81. The van der Waals surface area contributed by atoms with Crippen LogP contribution in [0.4, 0.5) is 5.69 Å². The van der Waals surface area contributed by atoms with Crippen LogP contribution in [-0.2, 0) is 0 Å². The molecule has 4 nitrogen and oxygen atoms in total. The smallest absolute Gasteiger partial charge is 0.155 e. The molecule has 1 aliphatic carbocycles. The molecule has 110 valence electrons. The van der Waals surface area contributed by atoms with Crippen LogP contribution in [0, 0.1) is 5.92 Å². The van der Waals surface area contributed by atoms with E-state index in [1.807, 2.05) is 12.1 Å². The van der Waals surface area contributed by atoms with Crippen LogP contribution in [0.1, 0.15) is 17.9 Å². The zero-order valence-corrected chi connectivity index (χ0v) is 12.2. The molecule has 0 radical (unpaired) electrons. The summed E-state index contributed by atoms with van der Waals surface area (Å²) >= 11 is 0. The monoisotopic (exact) mass is 290 g/mol. The van der Waals surface area contributed by atoms with E-state index in [4.69, 9.17) is 0 Å². The van der Waals surface area contributed by atoms with E-state index >= 15 is 0 Å². The molecule has 22 heavy (non-hydrogen) atoms. The van der Waals surface area contributed by atoms with Crippen molar-refractivity contribution in [2.75, 3.05) is 11.9 Å². The summed E-state index contributed by atoms with van der Waals surface area (Å²) in [4.78, 5) is 4.19. The largest absolute Gasteiger partial charge is 0.385 e. The summed E-state index contributed by atoms with van der Waals surface area (Å²) in [6.07, 6.45) is 2.81. The van der Waals surface area contributed by atoms with Gasteiger partial charge in [0.15, 0.2) is 5.82 Å². The number of benzene rings is 2. The molecule has 0 spiro atoms. The van der Waals surface area contributed by atoms with Gasteiger partial charge in [-0.1, -0.05) is 42.5 Å². The predicted molar refractivity (Wildman–Crippen MR) is 87.6 cm³/mol. The maximum absolute atomic E-state index is 4.19. The minimum Gasteiger partial charge on any atom is -0.385 e. The van der Waals surface area contributed by atoms with Gasteiger partial charge in [-0.3, -0.25) is 5.10 Å². The average molecular weight is 290 g/mol. The Morgan fingerprint density at radius 1 is 1.09 bits per heavy atom. The summed E-state index contributed by atoms with van der Waals surface area (Å²) < 4.78 is 0. The topological polar surface area (TPSA) is 53.6 Å². The zero-order valence-electron chi connectivity index (χ0n) is 12.2. The fourth-order valence-corrected chi connectivity index (χ4v) is 2.95. The molecule has 2 N–H and O–H groups in total. The Kier molecular flexibility index (Phi) is 3.35. The Labute approximate surface area is 129 Å². The van der Waals surface area contributed by atoms with Crippen molar-refractivity contribution in [2.45, 2.75) is 12.3 Å². The van der Waals surface area contributed by atoms with E-state index < -0.39 is 0 Å². The lowest BCUT2D eigenvalue weighted by molar-refractivity contribution is 0.844. The molecule has 1 heterocycles. The van der Waals surface area contributed by atoms with Gasteiger partial charge in [0.2, 0.25) is 0 Å². The molecule has 0 bridgehead atoms. The van der Waals surface area contributed by atoms with Gasteiger partial charge in [-0.2, -0.15) is 5.10 Å². The highest BCUT2D eigenvalue weighted by Crippen LogP contribution is 2.47. The molecular formula is C18H18N4. The molecule has 1 aromatic heterocycles. The highest BCUT2D eigenvalue weighted by atomic mass is 15.2. The Morgan fingerprint density at radius 2 is 2.00 bits per heavy atom. The Balaban J connectivity index is 1.38. The van der Waals surface area contributed by atoms with Crippen LogP contribution in [-0.4, -0.2) is 21.7 Å². The SMILES string of the molecule is c1ccc(C2CC2CNc2cccc(-c3ncn[nH]3)c2)cc1. The molecule has 0 saturated heterocycles. The molecular weight excluding hydrogens is 272 g/mol. The van der Waals surface area contributed by atoms with E-state index in [9.17, 15) is 0 Å². The highest BCUT2D eigenvalue weighted by molar-refractivity contribution is 5.62. The number of hydrogen-bond acceptors (Lipinski definition) is 3. The number of anilines is 1. The van der Waals surface area contributed by atoms with Crippen LogP contribution in [0.2, 0.25) is 0 Å². The van der Waals surface area contributed by atoms with Crippen molar-refractivity contribution in [2.24, 2.45) is 5.92 Å². The first-order valence-corrected chi connectivity index (χ1v) is 7.65. The van der Waals surface area contributed by atoms with E-state index in [0.717, 1.165) is 29.5 Å². The number of nitrogens with zero attached hydrogens (tertiary/aromatic N) is 2. The summed E-state index contributed by atoms with van der Waals surface area (Å²) in [5.74, 6) is 2.25. The van der Waals surface area contributed by atoms with Crippen LogP contribution >= 0.6 is 0 Å². The first-order chi connectivity index (χ1) is 10.9. The number of nitrogens with one attached hydrogen (secondary N) is 2. The van der Waals surface area contributed by atoms with Crippen molar-refractivity contribution in [3.63, 3.8) is 0 Å². The van der Waals surface area contributed by atoms with Gasteiger partial charge >= 0.3 is 0 Å². The van der Waals surface area contributed by atoms with E-state index in [0.29, 0.717) is 5.92 Å². The molecule has 4 rings (SSSR count). The maximum atomic E-state index is 4.19. The van der Waals surface area contributed by atoms with Crippen LogP contribution in [0.5, 0.6) is 0 Å². The summed E-state index contributed by atoms with van der Waals surface area (Å²) in [5.41, 5.74) is 3.65. The van der Waals surface area contributed by atoms with Crippen molar-refractivity contribution in [3.05, 3.63) is 66.5 Å². The number of aromatic nitrogens is 3. The third kappa shape index (κ3) is 2.72. The lowest BCUT2D eigenvalue weighted by Gasteiger charge is -2.07. The van der Waals surface area contributed by atoms with Crippen molar-refractivity contribution >= 4 is 5.69 Å². The van der Waals surface area contributed by atoms with Gasteiger partial charge in [-0.25, -0.2) is 4.98 Å². The number of aromatic amines is 1. The van der Waals surface area contributed by atoms with Crippen LogP contribution in [0.15, 0.2) is 60.9 Å². The molecule has 0 aliphatic heterocycles. The molecule has 0 amide bonds. The van der Waals surface area contributed by atoms with Crippen molar-refractivity contribution in [3.8, 4) is 11.4 Å². The fourth-order valence-electron chi connectivity index (χ4n) is 2.95. The standard InChI is InChI=1S/C18H18N4/c1-2-5-13(6-3-1)17-10-15(17)11-19-16-8-4-7-14(9-16)18-20-12-21-22-18/h1-9,12,15,17,19H,10-11H2,(H,20,21,22). The molecule has 1 aliphatic rings. The molecule has 2 atom stereocenters. The van der Waals surface area contributed by atoms with E-state index in [1.54, 1.807) is 0 Å². The Hall–Kier alpha value is -2.62. The normalized spacial score (nSPS) is 19.8. The fraction of sp³-hybridized carbons (Fsp3) is 0.222. The summed E-state index contributed by atoms with van der Waals surface area (Å²) in [5, 5.41) is 10.3. The average Bonchev–Trinajstić information content (AvgIpc) is 3.15.